The second-order valence-electron chi connectivity index (χ2n) is 4.93. The molecule has 0 fully saturated rings. The Hall–Kier alpha value is -1.55. The summed E-state index contributed by atoms with van der Waals surface area (Å²) in [4.78, 5) is 4.37. The summed E-state index contributed by atoms with van der Waals surface area (Å²) in [7, 11) is 0. The Morgan fingerprint density at radius 2 is 1.85 bits per heavy atom. The first-order valence-corrected chi connectivity index (χ1v) is 7.46. The summed E-state index contributed by atoms with van der Waals surface area (Å²) in [5.41, 5.74) is 3.25. The number of hydrogen-bond donors (Lipinski definition) is 1. The van der Waals surface area contributed by atoms with E-state index in [-0.39, 0.29) is 6.10 Å². The van der Waals surface area contributed by atoms with E-state index in [0.29, 0.717) is 0 Å². The number of halogens is 1. The van der Waals surface area contributed by atoms with Crippen LogP contribution in [0.5, 0.6) is 5.75 Å². The Morgan fingerprint density at radius 1 is 1.15 bits per heavy atom. The number of ether oxygens (including phenoxy) is 1. The summed E-state index contributed by atoms with van der Waals surface area (Å²) < 4.78 is 6.49. The number of aryl methyl sites for hydroxylation is 1. The maximum atomic E-state index is 5.63. The number of pyridine rings is 1. The number of nitrogens with one attached hydrogen (secondary N) is 1. The quantitative estimate of drug-likeness (QED) is 0.814. The van der Waals surface area contributed by atoms with Crippen molar-refractivity contribution in [2.45, 2.75) is 33.4 Å². The van der Waals surface area contributed by atoms with Crippen LogP contribution >= 0.6 is 15.9 Å². The van der Waals surface area contributed by atoms with E-state index in [1.54, 1.807) is 0 Å². The highest BCUT2D eigenvalue weighted by atomic mass is 79.9. The van der Waals surface area contributed by atoms with E-state index in [1.807, 2.05) is 45.0 Å². The van der Waals surface area contributed by atoms with Crippen LogP contribution in [0.3, 0.4) is 0 Å². The van der Waals surface area contributed by atoms with Gasteiger partial charge in [0.25, 0.3) is 0 Å². The number of nitrogens with zero attached hydrogens (tertiary/aromatic N) is 1. The smallest absolute Gasteiger partial charge is 0.119 e. The van der Waals surface area contributed by atoms with Crippen molar-refractivity contribution in [2.24, 2.45) is 0 Å². The van der Waals surface area contributed by atoms with Gasteiger partial charge in [0.15, 0.2) is 0 Å². The van der Waals surface area contributed by atoms with Crippen LogP contribution in [0.2, 0.25) is 0 Å². The molecule has 106 valence electrons. The monoisotopic (exact) mass is 334 g/mol. The molecule has 0 aliphatic heterocycles. The van der Waals surface area contributed by atoms with Crippen LogP contribution < -0.4 is 10.1 Å². The third-order valence-electron chi connectivity index (χ3n) is 2.83. The Morgan fingerprint density at radius 3 is 2.45 bits per heavy atom. The molecule has 1 aromatic carbocycles. The molecule has 0 saturated heterocycles. The lowest BCUT2D eigenvalue weighted by atomic mass is 10.2. The van der Waals surface area contributed by atoms with Gasteiger partial charge in [0.05, 0.1) is 17.5 Å². The van der Waals surface area contributed by atoms with Crippen molar-refractivity contribution in [3.8, 4) is 5.75 Å². The normalized spacial score (nSPS) is 10.7. The average molecular weight is 335 g/mol. The Balaban J connectivity index is 1.96. The zero-order valence-corrected chi connectivity index (χ0v) is 13.6. The molecule has 4 heteroatoms. The minimum Gasteiger partial charge on any atom is -0.491 e. The van der Waals surface area contributed by atoms with E-state index in [2.05, 4.69) is 38.4 Å². The van der Waals surface area contributed by atoms with Gasteiger partial charge in [0, 0.05) is 6.54 Å². The van der Waals surface area contributed by atoms with Crippen molar-refractivity contribution in [1.29, 1.82) is 0 Å². The second-order valence-corrected chi connectivity index (χ2v) is 5.74. The summed E-state index contributed by atoms with van der Waals surface area (Å²) in [6.07, 6.45) is 0.204. The van der Waals surface area contributed by atoms with Crippen molar-refractivity contribution in [3.05, 3.63) is 52.3 Å². The molecule has 0 spiro atoms. The van der Waals surface area contributed by atoms with E-state index in [0.717, 1.165) is 28.3 Å². The predicted octanol–water partition coefficient (Wildman–Crippen LogP) is 4.55. The van der Waals surface area contributed by atoms with E-state index in [1.165, 1.54) is 5.56 Å². The van der Waals surface area contributed by atoms with Gasteiger partial charge in [-0.1, -0.05) is 12.1 Å². The fourth-order valence-corrected chi connectivity index (χ4v) is 2.27. The molecule has 0 saturated carbocycles. The number of benzene rings is 1. The first kappa shape index (κ1) is 14.9. The van der Waals surface area contributed by atoms with Crippen LogP contribution in [-0.2, 0) is 6.54 Å². The first-order valence-electron chi connectivity index (χ1n) is 6.67. The third-order valence-corrected chi connectivity index (χ3v) is 3.27. The number of hydrogen-bond acceptors (Lipinski definition) is 3. The number of aromatic nitrogens is 1. The van der Waals surface area contributed by atoms with Crippen molar-refractivity contribution in [3.63, 3.8) is 0 Å². The van der Waals surface area contributed by atoms with Crippen LogP contribution in [0.15, 0.2) is 41.0 Å². The summed E-state index contributed by atoms with van der Waals surface area (Å²) in [6, 6.07) is 12.1. The minimum atomic E-state index is 0.204. The molecule has 2 aromatic rings. The standard InChI is InChI=1S/C16H19BrN2O/c1-11(2)20-14-6-4-13(5-7-14)10-18-15-8-9-16(17)19-12(15)3/h4-9,11,18H,10H2,1-3H3. The molecular formula is C16H19BrN2O. The molecular weight excluding hydrogens is 316 g/mol. The Kier molecular flexibility index (Phi) is 5.01. The van der Waals surface area contributed by atoms with Gasteiger partial charge in [-0.05, 0) is 66.5 Å². The summed E-state index contributed by atoms with van der Waals surface area (Å²) >= 11 is 3.37. The maximum absolute atomic E-state index is 5.63. The highest BCUT2D eigenvalue weighted by Crippen LogP contribution is 2.18. The van der Waals surface area contributed by atoms with Gasteiger partial charge in [-0.25, -0.2) is 4.98 Å². The highest BCUT2D eigenvalue weighted by Gasteiger charge is 2.01. The lowest BCUT2D eigenvalue weighted by Gasteiger charge is -2.11. The maximum Gasteiger partial charge on any atom is 0.119 e. The van der Waals surface area contributed by atoms with Gasteiger partial charge >= 0.3 is 0 Å². The van der Waals surface area contributed by atoms with Crippen LogP contribution in [0.1, 0.15) is 25.1 Å². The molecule has 0 atom stereocenters. The molecule has 1 N–H and O–H groups in total. The molecule has 20 heavy (non-hydrogen) atoms. The molecule has 0 aliphatic carbocycles. The van der Waals surface area contributed by atoms with E-state index in [4.69, 9.17) is 4.74 Å². The van der Waals surface area contributed by atoms with Crippen molar-refractivity contribution in [1.82, 2.24) is 4.98 Å². The average Bonchev–Trinajstić information content (AvgIpc) is 2.39. The Bertz CT molecular complexity index is 567. The van der Waals surface area contributed by atoms with Crippen molar-refractivity contribution >= 4 is 21.6 Å². The van der Waals surface area contributed by atoms with Crippen LogP contribution in [-0.4, -0.2) is 11.1 Å². The number of anilines is 1. The van der Waals surface area contributed by atoms with Crippen LogP contribution in [0.25, 0.3) is 0 Å². The van der Waals surface area contributed by atoms with Crippen molar-refractivity contribution < 1.29 is 4.74 Å². The van der Waals surface area contributed by atoms with Gasteiger partial charge in [-0.3, -0.25) is 0 Å². The van der Waals surface area contributed by atoms with Gasteiger partial charge in [-0.15, -0.1) is 0 Å². The van der Waals surface area contributed by atoms with Crippen molar-refractivity contribution in [2.75, 3.05) is 5.32 Å². The van der Waals surface area contributed by atoms with Gasteiger partial charge in [0.1, 0.15) is 10.4 Å². The predicted molar refractivity (Wildman–Crippen MR) is 86.2 cm³/mol. The molecule has 0 amide bonds. The molecule has 0 aliphatic rings. The van der Waals surface area contributed by atoms with Crippen LogP contribution in [0.4, 0.5) is 5.69 Å². The third kappa shape index (κ3) is 4.23. The molecule has 0 bridgehead atoms. The number of rotatable bonds is 5. The lowest BCUT2D eigenvalue weighted by Crippen LogP contribution is -2.06. The molecule has 0 unspecified atom stereocenters. The fraction of sp³-hybridized carbons (Fsp3) is 0.312. The largest absolute Gasteiger partial charge is 0.491 e. The lowest BCUT2D eigenvalue weighted by molar-refractivity contribution is 0.242. The van der Waals surface area contributed by atoms with E-state index in [9.17, 15) is 0 Å². The highest BCUT2D eigenvalue weighted by molar-refractivity contribution is 9.10. The molecule has 0 radical (unpaired) electrons. The summed E-state index contributed by atoms with van der Waals surface area (Å²) in [6.45, 7) is 6.82. The molecule has 3 nitrogen and oxygen atoms in total. The molecule has 2 rings (SSSR count). The topological polar surface area (TPSA) is 34.2 Å². The zero-order valence-electron chi connectivity index (χ0n) is 12.0. The first-order chi connectivity index (χ1) is 9.54. The summed E-state index contributed by atoms with van der Waals surface area (Å²) in [5.74, 6) is 0.908. The summed E-state index contributed by atoms with van der Waals surface area (Å²) in [5, 5.41) is 3.39. The van der Waals surface area contributed by atoms with Crippen LogP contribution in [0, 0.1) is 6.92 Å². The van der Waals surface area contributed by atoms with Gasteiger partial charge < -0.3 is 10.1 Å². The molecule has 1 aromatic heterocycles. The van der Waals surface area contributed by atoms with E-state index < -0.39 is 0 Å². The second kappa shape index (κ2) is 6.75. The SMILES string of the molecule is Cc1nc(Br)ccc1NCc1ccc(OC(C)C)cc1. The Labute approximate surface area is 128 Å². The van der Waals surface area contributed by atoms with Gasteiger partial charge in [0.2, 0.25) is 0 Å². The van der Waals surface area contributed by atoms with Gasteiger partial charge in [-0.2, -0.15) is 0 Å². The zero-order chi connectivity index (χ0) is 14.5. The van der Waals surface area contributed by atoms with E-state index >= 15 is 0 Å². The molecule has 1 heterocycles. The minimum absolute atomic E-state index is 0.204. The fourth-order valence-electron chi connectivity index (χ4n) is 1.87.